The molecule has 1 aliphatic heterocycles. The molecule has 1 aliphatic rings. The lowest BCUT2D eigenvalue weighted by atomic mass is 9.98. The molecule has 26 heteroatoms. The van der Waals surface area contributed by atoms with Crippen LogP contribution in [0.1, 0.15) is 77.1 Å². The highest BCUT2D eigenvalue weighted by Gasteiger charge is 2.41. The van der Waals surface area contributed by atoms with Crippen molar-refractivity contribution in [1.29, 1.82) is 0 Å². The Morgan fingerprint density at radius 1 is 0.753 bits per heavy atom. The number of amides is 8. The Labute approximate surface area is 451 Å². The number of phenolic OH excluding ortho intramolecular Hbond substituents is 1. The third-order valence-electron chi connectivity index (χ3n) is 12.5. The van der Waals surface area contributed by atoms with Gasteiger partial charge in [0.2, 0.25) is 47.3 Å². The van der Waals surface area contributed by atoms with Gasteiger partial charge in [-0.2, -0.15) is 0 Å². The highest BCUT2D eigenvalue weighted by Crippen LogP contribution is 2.21. The molecule has 0 radical (unpaired) electrons. The van der Waals surface area contributed by atoms with Gasteiger partial charge in [-0.3, -0.25) is 43.3 Å². The fourth-order valence-electron chi connectivity index (χ4n) is 8.28. The van der Waals surface area contributed by atoms with Gasteiger partial charge in [-0.05, 0) is 60.8 Å². The number of aromatic hydroxyl groups is 1. The molecule has 4 rings (SSSR count). The summed E-state index contributed by atoms with van der Waals surface area (Å²) in [7, 11) is 0. The van der Waals surface area contributed by atoms with Gasteiger partial charge in [0.1, 0.15) is 48.0 Å². The number of imidazole rings is 1. The van der Waals surface area contributed by atoms with E-state index in [2.05, 4.69) is 52.2 Å². The van der Waals surface area contributed by atoms with Gasteiger partial charge in [-0.15, -0.1) is 11.8 Å². The summed E-state index contributed by atoms with van der Waals surface area (Å²) in [5.74, 6) is -7.77. The first kappa shape index (κ1) is 61.8. The number of guanidine groups is 1. The monoisotopic (exact) mass is 1090 g/mol. The Hall–Kier alpha value is -7.74. The number of aliphatic imine (C=N–C) groups is 1. The van der Waals surface area contributed by atoms with E-state index in [0.29, 0.717) is 23.2 Å². The lowest BCUT2D eigenvalue weighted by Gasteiger charge is -2.31. The van der Waals surface area contributed by atoms with Gasteiger partial charge >= 0.3 is 5.97 Å². The minimum absolute atomic E-state index is 0.00329. The first-order chi connectivity index (χ1) is 36.5. The number of nitrogens with zero attached hydrogens (tertiary/aromatic N) is 3. The van der Waals surface area contributed by atoms with E-state index in [1.54, 1.807) is 58.0 Å². The summed E-state index contributed by atoms with van der Waals surface area (Å²) in [4.78, 5) is 135. The number of carboxylic acid groups (broad SMARTS) is 1. The minimum atomic E-state index is -1.40. The Bertz CT molecular complexity index is 2490. The van der Waals surface area contributed by atoms with Gasteiger partial charge in [-0.25, -0.2) is 9.78 Å². The second-order valence-corrected chi connectivity index (χ2v) is 20.4. The number of carbonyl (C=O) groups is 9. The van der Waals surface area contributed by atoms with Crippen LogP contribution in [0.5, 0.6) is 5.75 Å². The molecule has 1 fully saturated rings. The molecule has 0 spiro atoms. The van der Waals surface area contributed by atoms with Gasteiger partial charge in [0.05, 0.1) is 18.2 Å². The largest absolute Gasteiger partial charge is 0.508 e. The standard InChI is InChI=1S/C51H74N14O11S/c1-28(2)41(63-44(69)36(13-9-19-56-51(53)54)59-43(68)35(52)25-77-27-58-30(5)66)47(72)60-37(21-32-15-17-34(67)18-16-32)45(70)64-42(29(3)4)48(73)61-38(23-33-24-55-26-57-33)49(74)65-20-10-14-40(65)46(71)62-39(50(75)76)22-31-11-7-6-8-12-31/h6-8,11-12,15-18,24,26,28-29,35-42,67H,9-10,13-14,19-23,25,27,52H2,1-5H3,(H,55,57)(H,58,66)(H,59,68)(H,60,72)(H,61,73)(H,62,71)(H,63,69)(H,64,70)(H,75,76)(H4,53,54,56)/t35-,36-,37-,38-,39-,40-,41-,42-/m0/s1. The second kappa shape index (κ2) is 30.7. The van der Waals surface area contributed by atoms with E-state index in [9.17, 15) is 53.4 Å². The maximum absolute atomic E-state index is 14.5. The maximum Gasteiger partial charge on any atom is 0.326 e. The van der Waals surface area contributed by atoms with Crippen molar-refractivity contribution < 1.29 is 53.4 Å². The van der Waals surface area contributed by atoms with E-state index in [-0.39, 0.29) is 80.9 Å². The number of thioether (sulfide) groups is 1. The van der Waals surface area contributed by atoms with Crippen LogP contribution in [-0.2, 0) is 62.4 Å². The Morgan fingerprint density at radius 2 is 1.34 bits per heavy atom. The van der Waals surface area contributed by atoms with Crippen LogP contribution in [0.15, 0.2) is 72.1 Å². The molecular weight excluding hydrogens is 1020 g/mol. The van der Waals surface area contributed by atoms with Crippen LogP contribution in [0, 0.1) is 11.8 Å². The fraction of sp³-hybridized carbons (Fsp3) is 0.510. The van der Waals surface area contributed by atoms with Gasteiger partial charge in [-0.1, -0.05) is 70.2 Å². The van der Waals surface area contributed by atoms with E-state index in [1.807, 2.05) is 0 Å². The Balaban J connectivity index is 1.55. The molecule has 420 valence electrons. The summed E-state index contributed by atoms with van der Waals surface area (Å²) in [6, 6.07) is 4.69. The number of hydrogen-bond donors (Lipinski definition) is 13. The van der Waals surface area contributed by atoms with Gasteiger partial charge in [0.25, 0.3) is 0 Å². The molecule has 8 atom stereocenters. The number of nitrogens with one attached hydrogen (secondary N) is 8. The fourth-order valence-corrected chi connectivity index (χ4v) is 9.11. The van der Waals surface area contributed by atoms with Crippen molar-refractivity contribution in [2.24, 2.45) is 34.0 Å². The second-order valence-electron chi connectivity index (χ2n) is 19.4. The van der Waals surface area contributed by atoms with Crippen molar-refractivity contribution in [3.05, 3.63) is 83.9 Å². The van der Waals surface area contributed by atoms with E-state index >= 15 is 0 Å². The Kier molecular flexibility index (Phi) is 24.7. The van der Waals surface area contributed by atoms with Gasteiger partial charge in [0.15, 0.2) is 5.96 Å². The topological polar surface area (TPSA) is 401 Å². The predicted octanol–water partition coefficient (Wildman–Crippen LogP) is -1.35. The number of carbonyl (C=O) groups excluding carboxylic acids is 8. The average Bonchev–Trinajstić information content (AvgIpc) is 4.10. The van der Waals surface area contributed by atoms with Crippen LogP contribution in [0.2, 0.25) is 0 Å². The van der Waals surface area contributed by atoms with Gasteiger partial charge < -0.3 is 74.5 Å². The van der Waals surface area contributed by atoms with Crippen molar-refractivity contribution in [3.8, 4) is 5.75 Å². The first-order valence-corrected chi connectivity index (χ1v) is 26.5. The number of aromatic nitrogens is 2. The van der Waals surface area contributed by atoms with Crippen LogP contribution >= 0.6 is 11.8 Å². The zero-order valence-corrected chi connectivity index (χ0v) is 44.8. The van der Waals surface area contributed by atoms with E-state index in [4.69, 9.17) is 17.2 Å². The predicted molar refractivity (Wildman–Crippen MR) is 287 cm³/mol. The summed E-state index contributed by atoms with van der Waals surface area (Å²) in [6.07, 6.45) is 3.52. The molecule has 0 saturated carbocycles. The van der Waals surface area contributed by atoms with E-state index < -0.39 is 107 Å². The van der Waals surface area contributed by atoms with Crippen molar-refractivity contribution in [3.63, 3.8) is 0 Å². The molecule has 0 unspecified atom stereocenters. The molecule has 1 aromatic heterocycles. The van der Waals surface area contributed by atoms with Crippen LogP contribution in [-0.4, -0.2) is 157 Å². The van der Waals surface area contributed by atoms with E-state index in [1.165, 1.54) is 60.4 Å². The number of hydrogen-bond acceptors (Lipinski definition) is 14. The van der Waals surface area contributed by atoms with Crippen molar-refractivity contribution in [2.75, 3.05) is 24.7 Å². The Morgan fingerprint density at radius 3 is 1.91 bits per heavy atom. The number of phenols is 1. The summed E-state index contributed by atoms with van der Waals surface area (Å²) in [5.41, 5.74) is 18.7. The van der Waals surface area contributed by atoms with Crippen LogP contribution in [0.3, 0.4) is 0 Å². The highest BCUT2D eigenvalue weighted by atomic mass is 32.2. The number of likely N-dealkylation sites (tertiary alicyclic amines) is 1. The molecule has 8 amide bonds. The van der Waals surface area contributed by atoms with Crippen LogP contribution in [0.25, 0.3) is 0 Å². The van der Waals surface area contributed by atoms with E-state index in [0.717, 1.165) is 0 Å². The highest BCUT2D eigenvalue weighted by molar-refractivity contribution is 7.99. The van der Waals surface area contributed by atoms with Crippen LogP contribution in [0.4, 0.5) is 0 Å². The quantitative estimate of drug-likeness (QED) is 0.0159. The minimum Gasteiger partial charge on any atom is -0.508 e. The molecule has 1 saturated heterocycles. The SMILES string of the molecule is CC(=O)NCSC[C@H](N)C(=O)N[C@@H](CCCN=C(N)N)C(=O)N[C@H](C(=O)N[C@@H](Cc1ccc(O)cc1)C(=O)N[C@H](C(=O)N[C@@H](Cc1cnc[nH]1)C(=O)N1CCC[C@H]1C(=O)N[C@@H](Cc1ccccc1)C(=O)O)C(C)C)C(C)C. The molecule has 0 aliphatic carbocycles. The normalized spacial score (nSPS) is 15.8. The van der Waals surface area contributed by atoms with Crippen molar-refractivity contribution in [1.82, 2.24) is 52.1 Å². The summed E-state index contributed by atoms with van der Waals surface area (Å²) < 4.78 is 0. The summed E-state index contributed by atoms with van der Waals surface area (Å²) in [5, 5.41) is 38.8. The number of carboxylic acids is 1. The number of H-pyrrole nitrogens is 1. The molecule has 16 N–H and O–H groups in total. The smallest absolute Gasteiger partial charge is 0.326 e. The molecular formula is C51H74N14O11S. The van der Waals surface area contributed by atoms with Crippen LogP contribution < -0.4 is 54.4 Å². The number of aliphatic carboxylic acids is 1. The number of benzene rings is 2. The third-order valence-corrected chi connectivity index (χ3v) is 13.4. The molecule has 25 nitrogen and oxygen atoms in total. The molecule has 3 aromatic rings. The van der Waals surface area contributed by atoms with Crippen molar-refractivity contribution in [2.45, 2.75) is 128 Å². The number of rotatable bonds is 30. The number of aromatic amines is 1. The lowest BCUT2D eigenvalue weighted by Crippen LogP contribution is -2.62. The molecule has 0 bridgehead atoms. The zero-order valence-electron chi connectivity index (χ0n) is 44.0. The molecule has 2 heterocycles. The van der Waals surface area contributed by atoms with Crippen molar-refractivity contribution >= 4 is 70.9 Å². The summed E-state index contributed by atoms with van der Waals surface area (Å²) >= 11 is 1.19. The molecule has 2 aromatic carbocycles. The zero-order chi connectivity index (χ0) is 56.8. The average molecular weight is 1090 g/mol. The van der Waals surface area contributed by atoms with Gasteiger partial charge in [0, 0.05) is 56.9 Å². The first-order valence-electron chi connectivity index (χ1n) is 25.3. The third kappa shape index (κ3) is 20.4. The maximum atomic E-state index is 14.5. The summed E-state index contributed by atoms with van der Waals surface area (Å²) in [6.45, 7) is 8.23. The number of nitrogens with two attached hydrogens (primary N) is 3. The lowest BCUT2D eigenvalue weighted by molar-refractivity contribution is -0.145. The molecule has 77 heavy (non-hydrogen) atoms.